The molecular weight excluding hydrogens is 368 g/mol. The Morgan fingerprint density at radius 2 is 1.90 bits per heavy atom. The van der Waals surface area contributed by atoms with Gasteiger partial charge in [-0.3, -0.25) is 14.5 Å². The molecule has 0 fully saturated rings. The van der Waals surface area contributed by atoms with Gasteiger partial charge in [-0.25, -0.2) is 4.68 Å². The molecule has 0 saturated heterocycles. The highest BCUT2D eigenvalue weighted by Gasteiger charge is 2.32. The maximum absolute atomic E-state index is 12.7. The fourth-order valence-corrected chi connectivity index (χ4v) is 3.28. The van der Waals surface area contributed by atoms with E-state index < -0.39 is 6.10 Å². The number of para-hydroxylation sites is 2. The number of aryl methyl sites for hydroxylation is 1. The van der Waals surface area contributed by atoms with E-state index in [1.165, 1.54) is 10.5 Å². The quantitative estimate of drug-likeness (QED) is 0.727. The third-order valence-electron chi connectivity index (χ3n) is 4.81. The number of amides is 2. The number of nitrogens with one attached hydrogen (secondary N) is 1. The van der Waals surface area contributed by atoms with Crippen LogP contribution in [0.25, 0.3) is 0 Å². The van der Waals surface area contributed by atoms with E-state index in [2.05, 4.69) is 10.4 Å². The first-order chi connectivity index (χ1) is 14.0. The number of benzene rings is 2. The second kappa shape index (κ2) is 7.79. The van der Waals surface area contributed by atoms with Crippen LogP contribution in [0.1, 0.15) is 18.1 Å². The zero-order valence-electron chi connectivity index (χ0n) is 16.3. The van der Waals surface area contributed by atoms with E-state index in [1.54, 1.807) is 36.0 Å². The highest BCUT2D eigenvalue weighted by atomic mass is 16.5. The van der Waals surface area contributed by atoms with Crippen molar-refractivity contribution < 1.29 is 14.3 Å². The number of hydrogen-bond acceptors (Lipinski definition) is 4. The second-order valence-electron chi connectivity index (χ2n) is 7.06. The predicted molar refractivity (Wildman–Crippen MR) is 110 cm³/mol. The van der Waals surface area contributed by atoms with Gasteiger partial charge in [0, 0.05) is 6.07 Å². The van der Waals surface area contributed by atoms with Gasteiger partial charge in [0.05, 0.1) is 18.4 Å². The molecule has 1 N–H and O–H groups in total. The lowest BCUT2D eigenvalue weighted by Crippen LogP contribution is -2.47. The molecule has 0 bridgehead atoms. The van der Waals surface area contributed by atoms with Crippen molar-refractivity contribution in [2.45, 2.75) is 26.5 Å². The van der Waals surface area contributed by atoms with E-state index >= 15 is 0 Å². The van der Waals surface area contributed by atoms with Crippen molar-refractivity contribution in [2.24, 2.45) is 0 Å². The Labute approximate surface area is 168 Å². The van der Waals surface area contributed by atoms with Gasteiger partial charge in [-0.1, -0.05) is 42.0 Å². The molecule has 1 aromatic heterocycles. The monoisotopic (exact) mass is 390 g/mol. The summed E-state index contributed by atoms with van der Waals surface area (Å²) in [5, 5.41) is 7.16. The first-order valence-corrected chi connectivity index (χ1v) is 9.45. The van der Waals surface area contributed by atoms with Crippen molar-refractivity contribution in [1.82, 2.24) is 9.78 Å². The van der Waals surface area contributed by atoms with Gasteiger partial charge in [0.25, 0.3) is 5.91 Å². The van der Waals surface area contributed by atoms with Gasteiger partial charge in [-0.05, 0) is 31.5 Å². The van der Waals surface area contributed by atoms with Gasteiger partial charge >= 0.3 is 0 Å². The Kier molecular flexibility index (Phi) is 5.03. The fourth-order valence-electron chi connectivity index (χ4n) is 3.28. The van der Waals surface area contributed by atoms with Crippen LogP contribution >= 0.6 is 0 Å². The van der Waals surface area contributed by atoms with Crippen LogP contribution in [0.3, 0.4) is 0 Å². The lowest BCUT2D eigenvalue weighted by atomic mass is 10.1. The topological polar surface area (TPSA) is 76.5 Å². The van der Waals surface area contributed by atoms with Gasteiger partial charge < -0.3 is 10.1 Å². The SMILES string of the molecule is Cc1ccc(Cn2nccc2NC(=O)CN2C(=O)[C@H](C)Oc3ccccc32)cc1. The van der Waals surface area contributed by atoms with Crippen molar-refractivity contribution >= 4 is 23.3 Å². The average Bonchev–Trinajstić information content (AvgIpc) is 3.13. The van der Waals surface area contributed by atoms with Gasteiger partial charge in [0.2, 0.25) is 5.91 Å². The van der Waals surface area contributed by atoms with Crippen LogP contribution in [0.5, 0.6) is 5.75 Å². The molecule has 0 radical (unpaired) electrons. The van der Waals surface area contributed by atoms with E-state index in [9.17, 15) is 9.59 Å². The molecule has 0 saturated carbocycles. The number of hydrogen-bond donors (Lipinski definition) is 1. The molecule has 1 aliphatic heterocycles. The van der Waals surface area contributed by atoms with Crippen LogP contribution in [0, 0.1) is 6.92 Å². The number of aromatic nitrogens is 2. The summed E-state index contributed by atoms with van der Waals surface area (Å²) in [6, 6.07) is 17.1. The summed E-state index contributed by atoms with van der Waals surface area (Å²) in [5.41, 5.74) is 2.87. The van der Waals surface area contributed by atoms with Crippen LogP contribution in [0.4, 0.5) is 11.5 Å². The summed E-state index contributed by atoms with van der Waals surface area (Å²) >= 11 is 0. The molecule has 3 aromatic rings. The number of carbonyl (C=O) groups is 2. The predicted octanol–water partition coefficient (Wildman–Crippen LogP) is 2.99. The normalized spacial score (nSPS) is 15.6. The smallest absolute Gasteiger partial charge is 0.268 e. The van der Waals surface area contributed by atoms with E-state index in [1.807, 2.05) is 43.3 Å². The Morgan fingerprint density at radius 1 is 1.14 bits per heavy atom. The summed E-state index contributed by atoms with van der Waals surface area (Å²) in [6.07, 6.45) is 1.01. The number of ether oxygens (including phenoxy) is 1. The summed E-state index contributed by atoms with van der Waals surface area (Å²) < 4.78 is 7.34. The minimum atomic E-state index is -0.634. The van der Waals surface area contributed by atoms with Crippen LogP contribution in [0.15, 0.2) is 60.8 Å². The van der Waals surface area contributed by atoms with Gasteiger partial charge in [-0.2, -0.15) is 5.10 Å². The minimum Gasteiger partial charge on any atom is -0.479 e. The molecule has 2 amide bonds. The highest BCUT2D eigenvalue weighted by Crippen LogP contribution is 2.33. The molecule has 0 spiro atoms. The Morgan fingerprint density at radius 3 is 2.69 bits per heavy atom. The lowest BCUT2D eigenvalue weighted by Gasteiger charge is -2.32. The number of fused-ring (bicyclic) bond motifs is 1. The number of nitrogens with zero attached hydrogens (tertiary/aromatic N) is 3. The largest absolute Gasteiger partial charge is 0.479 e. The maximum atomic E-state index is 12.7. The Hall–Kier alpha value is -3.61. The number of rotatable bonds is 5. The molecule has 7 heteroatoms. The van der Waals surface area contributed by atoms with E-state index in [4.69, 9.17) is 4.74 Å². The molecular formula is C22H22N4O3. The van der Waals surface area contributed by atoms with Crippen LogP contribution in [0.2, 0.25) is 0 Å². The lowest BCUT2D eigenvalue weighted by molar-refractivity contribution is -0.127. The zero-order valence-corrected chi connectivity index (χ0v) is 16.3. The Balaban J connectivity index is 1.48. The maximum Gasteiger partial charge on any atom is 0.268 e. The summed E-state index contributed by atoms with van der Waals surface area (Å²) in [5.74, 6) is 0.634. The van der Waals surface area contributed by atoms with Crippen molar-refractivity contribution in [3.05, 3.63) is 71.9 Å². The minimum absolute atomic E-state index is 0.0980. The Bertz CT molecular complexity index is 1040. The molecule has 0 aliphatic carbocycles. The van der Waals surface area contributed by atoms with Crippen molar-refractivity contribution in [3.8, 4) is 5.75 Å². The fraction of sp³-hybridized carbons (Fsp3) is 0.227. The average molecular weight is 390 g/mol. The van der Waals surface area contributed by atoms with E-state index in [0.717, 1.165) is 5.56 Å². The van der Waals surface area contributed by atoms with Gasteiger partial charge in [0.1, 0.15) is 18.1 Å². The van der Waals surface area contributed by atoms with E-state index in [-0.39, 0.29) is 18.4 Å². The molecule has 4 rings (SSSR count). The first-order valence-electron chi connectivity index (χ1n) is 9.45. The molecule has 1 aliphatic rings. The van der Waals surface area contributed by atoms with Crippen LogP contribution in [-0.4, -0.2) is 34.2 Å². The highest BCUT2D eigenvalue weighted by molar-refractivity contribution is 6.05. The zero-order chi connectivity index (χ0) is 20.4. The third-order valence-corrected chi connectivity index (χ3v) is 4.81. The molecule has 0 unspecified atom stereocenters. The van der Waals surface area contributed by atoms with E-state index in [0.29, 0.717) is 23.8 Å². The number of anilines is 2. The number of carbonyl (C=O) groups excluding carboxylic acids is 2. The second-order valence-corrected chi connectivity index (χ2v) is 7.06. The van der Waals surface area contributed by atoms with Crippen molar-refractivity contribution in [1.29, 1.82) is 0 Å². The van der Waals surface area contributed by atoms with Crippen molar-refractivity contribution in [3.63, 3.8) is 0 Å². The summed E-state index contributed by atoms with van der Waals surface area (Å²) in [6.45, 7) is 4.16. The molecule has 7 nitrogen and oxygen atoms in total. The van der Waals surface area contributed by atoms with Crippen molar-refractivity contribution in [2.75, 3.05) is 16.8 Å². The molecule has 148 valence electrons. The van der Waals surface area contributed by atoms with Gasteiger partial charge in [0.15, 0.2) is 6.10 Å². The molecule has 1 atom stereocenters. The van der Waals surface area contributed by atoms with Crippen LogP contribution < -0.4 is 15.0 Å². The summed E-state index contributed by atoms with van der Waals surface area (Å²) in [4.78, 5) is 26.7. The third kappa shape index (κ3) is 3.99. The summed E-state index contributed by atoms with van der Waals surface area (Å²) in [7, 11) is 0. The molecule has 2 aromatic carbocycles. The van der Waals surface area contributed by atoms with Gasteiger partial charge in [-0.15, -0.1) is 0 Å². The standard InChI is InChI=1S/C22H22N4O3/c1-15-7-9-17(10-8-15)13-26-20(11-12-23-26)24-21(27)14-25-18-5-3-4-6-19(18)29-16(2)22(25)28/h3-12,16H,13-14H2,1-2H3,(H,24,27)/t16-/m0/s1. The van der Waals surface area contributed by atoms with Crippen LogP contribution in [-0.2, 0) is 16.1 Å². The first kappa shape index (κ1) is 18.7. The molecule has 29 heavy (non-hydrogen) atoms. The molecule has 2 heterocycles.